The van der Waals surface area contributed by atoms with Crippen LogP contribution in [0.2, 0.25) is 0 Å². The Balaban J connectivity index is 1.41. The van der Waals surface area contributed by atoms with Gasteiger partial charge < -0.3 is 5.32 Å². The largest absolute Gasteiger partial charge is 0.349 e. The van der Waals surface area contributed by atoms with Gasteiger partial charge in [-0.25, -0.2) is 0 Å². The second-order valence-electron chi connectivity index (χ2n) is 8.70. The van der Waals surface area contributed by atoms with E-state index in [2.05, 4.69) is 74.5 Å². The van der Waals surface area contributed by atoms with Crippen molar-refractivity contribution >= 4 is 16.7 Å². The Kier molecular flexibility index (Phi) is 4.91. The molecule has 1 aromatic heterocycles. The second kappa shape index (κ2) is 8.23. The quantitative estimate of drug-likeness (QED) is 0.393. The molecule has 0 fully saturated rings. The number of rotatable bonds is 5. The minimum absolute atomic E-state index is 0.127. The lowest BCUT2D eigenvalue weighted by atomic mass is 9.82. The van der Waals surface area contributed by atoms with Crippen molar-refractivity contribution < 1.29 is 4.79 Å². The number of H-pyrrole nitrogens is 1. The van der Waals surface area contributed by atoms with Gasteiger partial charge in [0.1, 0.15) is 5.92 Å². The van der Waals surface area contributed by atoms with Gasteiger partial charge in [-0.1, -0.05) is 96.2 Å². The van der Waals surface area contributed by atoms with Crippen LogP contribution in [0.25, 0.3) is 21.9 Å². The summed E-state index contributed by atoms with van der Waals surface area (Å²) >= 11 is 0. The number of hydrogen-bond acceptors (Lipinski definition) is 4. The molecule has 0 saturated carbocycles. The Bertz CT molecular complexity index is 1440. The minimum Gasteiger partial charge on any atom is -0.349 e. The molecule has 1 aliphatic carbocycles. The third kappa shape index (κ3) is 3.27. The Hall–Kier alpha value is -4.32. The van der Waals surface area contributed by atoms with Crippen molar-refractivity contribution in [1.29, 1.82) is 0 Å². The minimum atomic E-state index is -0.624. The van der Waals surface area contributed by atoms with Gasteiger partial charge in [0, 0.05) is 5.92 Å². The van der Waals surface area contributed by atoms with Crippen LogP contribution in [0.15, 0.2) is 91.0 Å². The molecule has 0 spiro atoms. The number of aromatic amines is 1. The first kappa shape index (κ1) is 20.3. The topological polar surface area (TPSA) is 83.6 Å². The number of benzene rings is 4. The van der Waals surface area contributed by atoms with E-state index in [-0.39, 0.29) is 17.9 Å². The van der Waals surface area contributed by atoms with Crippen molar-refractivity contribution in [3.63, 3.8) is 0 Å². The van der Waals surface area contributed by atoms with E-state index < -0.39 is 5.92 Å². The summed E-state index contributed by atoms with van der Waals surface area (Å²) in [5.74, 6) is -0.567. The van der Waals surface area contributed by atoms with Gasteiger partial charge >= 0.3 is 0 Å². The maximum Gasteiger partial charge on any atom is 0.232 e. The molecule has 2 atom stereocenters. The summed E-state index contributed by atoms with van der Waals surface area (Å²) in [7, 11) is 0. The summed E-state index contributed by atoms with van der Waals surface area (Å²) < 4.78 is 0. The lowest BCUT2D eigenvalue weighted by Crippen LogP contribution is -2.35. The van der Waals surface area contributed by atoms with E-state index in [1.54, 1.807) is 0 Å². The van der Waals surface area contributed by atoms with Crippen molar-refractivity contribution in [2.75, 3.05) is 0 Å². The van der Waals surface area contributed by atoms with Crippen LogP contribution in [0.4, 0.5) is 0 Å². The molecule has 0 radical (unpaired) electrons. The van der Waals surface area contributed by atoms with Gasteiger partial charge in [-0.15, -0.1) is 10.2 Å². The maximum absolute atomic E-state index is 13.9. The highest BCUT2D eigenvalue weighted by molar-refractivity contribution is 5.90. The van der Waals surface area contributed by atoms with Gasteiger partial charge in [-0.3, -0.25) is 4.79 Å². The maximum atomic E-state index is 13.9. The van der Waals surface area contributed by atoms with E-state index >= 15 is 0 Å². The third-order valence-corrected chi connectivity index (χ3v) is 6.79. The number of carbonyl (C=O) groups is 1. The molecule has 4 aromatic carbocycles. The average Bonchev–Trinajstić information content (AvgIpc) is 3.51. The predicted octanol–water partition coefficient (Wildman–Crippen LogP) is 5.13. The van der Waals surface area contributed by atoms with Gasteiger partial charge in [-0.2, -0.15) is 5.21 Å². The van der Waals surface area contributed by atoms with E-state index in [0.717, 1.165) is 38.6 Å². The highest BCUT2D eigenvalue weighted by Crippen LogP contribution is 2.50. The first-order chi connectivity index (χ1) is 16.7. The Morgan fingerprint density at radius 1 is 0.853 bits per heavy atom. The van der Waals surface area contributed by atoms with Gasteiger partial charge in [0.15, 0.2) is 5.82 Å². The van der Waals surface area contributed by atoms with Crippen LogP contribution in [-0.4, -0.2) is 26.5 Å². The Labute approximate surface area is 197 Å². The second-order valence-corrected chi connectivity index (χ2v) is 8.70. The van der Waals surface area contributed by atoms with Crippen molar-refractivity contribution in [2.45, 2.75) is 24.8 Å². The molecule has 0 bridgehead atoms. The molecule has 166 valence electrons. The highest BCUT2D eigenvalue weighted by atomic mass is 16.2. The third-order valence-electron chi connectivity index (χ3n) is 6.79. The standard InChI is InChI=1S/C28H23N5O/c1-17(19-16-8-10-18-9-2-3-11-20(18)19)29-28(34)26(27-30-32-33-31-27)25-23-14-6-4-12-21(23)22-13-5-7-15-24(22)25/h2-17,25-26H,1H3,(H,29,34)(H,30,31,32,33). The summed E-state index contributed by atoms with van der Waals surface area (Å²) in [4.78, 5) is 13.9. The molecular weight excluding hydrogens is 422 g/mol. The van der Waals surface area contributed by atoms with Crippen molar-refractivity contribution in [3.8, 4) is 11.1 Å². The molecule has 1 heterocycles. The molecule has 0 saturated heterocycles. The molecule has 0 aliphatic heterocycles. The fourth-order valence-electron chi connectivity index (χ4n) is 5.28. The zero-order valence-electron chi connectivity index (χ0n) is 18.6. The van der Waals surface area contributed by atoms with Crippen LogP contribution in [0, 0.1) is 0 Å². The Morgan fingerprint density at radius 3 is 2.21 bits per heavy atom. The van der Waals surface area contributed by atoms with Crippen LogP contribution in [0.3, 0.4) is 0 Å². The van der Waals surface area contributed by atoms with E-state index in [1.165, 1.54) is 0 Å². The van der Waals surface area contributed by atoms with Crippen molar-refractivity contribution in [3.05, 3.63) is 114 Å². The normalized spacial score (nSPS) is 14.4. The zero-order chi connectivity index (χ0) is 23.1. The summed E-state index contributed by atoms with van der Waals surface area (Å²) in [5, 5.41) is 20.3. The number of tetrazole rings is 1. The van der Waals surface area contributed by atoms with E-state index in [9.17, 15) is 4.79 Å². The monoisotopic (exact) mass is 445 g/mol. The summed E-state index contributed by atoms with van der Waals surface area (Å²) in [5.41, 5.74) is 5.57. The van der Waals surface area contributed by atoms with Crippen LogP contribution in [0.5, 0.6) is 0 Å². The predicted molar refractivity (Wildman–Crippen MR) is 131 cm³/mol. The van der Waals surface area contributed by atoms with Gasteiger partial charge in [0.2, 0.25) is 5.91 Å². The number of nitrogens with zero attached hydrogens (tertiary/aromatic N) is 3. The van der Waals surface area contributed by atoms with Crippen LogP contribution in [0.1, 0.15) is 47.3 Å². The number of aromatic nitrogens is 4. The van der Waals surface area contributed by atoms with Crippen LogP contribution >= 0.6 is 0 Å². The molecule has 6 rings (SSSR count). The van der Waals surface area contributed by atoms with E-state index in [1.807, 2.05) is 49.4 Å². The van der Waals surface area contributed by atoms with Gasteiger partial charge in [0.25, 0.3) is 0 Å². The summed E-state index contributed by atoms with van der Waals surface area (Å²) in [6.07, 6.45) is 0. The molecule has 2 N–H and O–H groups in total. The van der Waals surface area contributed by atoms with Gasteiger partial charge in [0.05, 0.1) is 6.04 Å². The summed E-state index contributed by atoms with van der Waals surface area (Å²) in [6, 6.07) is 30.7. The van der Waals surface area contributed by atoms with Gasteiger partial charge in [-0.05, 0) is 45.5 Å². The molecule has 5 aromatic rings. The molecule has 6 nitrogen and oxygen atoms in total. The number of nitrogens with one attached hydrogen (secondary N) is 2. The fraction of sp³-hybridized carbons (Fsp3) is 0.143. The van der Waals surface area contributed by atoms with Crippen LogP contribution in [-0.2, 0) is 4.79 Å². The number of hydrogen-bond donors (Lipinski definition) is 2. The molecule has 1 aliphatic rings. The smallest absolute Gasteiger partial charge is 0.232 e. The molecule has 1 amide bonds. The number of carbonyl (C=O) groups excluding carboxylic acids is 1. The number of amides is 1. The van der Waals surface area contributed by atoms with Crippen molar-refractivity contribution in [1.82, 2.24) is 25.9 Å². The fourth-order valence-corrected chi connectivity index (χ4v) is 5.28. The van der Waals surface area contributed by atoms with Crippen molar-refractivity contribution in [2.24, 2.45) is 0 Å². The SMILES string of the molecule is CC(NC(=O)C(c1nn[nH]n1)C1c2ccccc2-c2ccccc21)c1cccc2ccccc12. The molecule has 2 unspecified atom stereocenters. The zero-order valence-corrected chi connectivity index (χ0v) is 18.6. The Morgan fingerprint density at radius 2 is 1.50 bits per heavy atom. The van der Waals surface area contributed by atoms with Crippen LogP contribution < -0.4 is 5.32 Å². The van der Waals surface area contributed by atoms with E-state index in [4.69, 9.17) is 0 Å². The first-order valence-corrected chi connectivity index (χ1v) is 11.4. The lowest BCUT2D eigenvalue weighted by molar-refractivity contribution is -0.123. The average molecular weight is 446 g/mol. The molecule has 34 heavy (non-hydrogen) atoms. The first-order valence-electron chi connectivity index (χ1n) is 11.4. The highest BCUT2D eigenvalue weighted by Gasteiger charge is 2.41. The van der Waals surface area contributed by atoms with E-state index in [0.29, 0.717) is 5.82 Å². The summed E-state index contributed by atoms with van der Waals surface area (Å²) in [6.45, 7) is 2.02. The molecule has 6 heteroatoms. The number of fused-ring (bicyclic) bond motifs is 4. The lowest BCUT2D eigenvalue weighted by Gasteiger charge is -2.25. The molecular formula is C28H23N5O.